The summed E-state index contributed by atoms with van der Waals surface area (Å²) in [5.74, 6) is 5.83. The molecule has 7 nitrogen and oxygen atoms in total. The molecule has 2 N–H and O–H groups in total. The van der Waals surface area contributed by atoms with E-state index in [0.717, 1.165) is 0 Å². The lowest BCUT2D eigenvalue weighted by Gasteiger charge is -2.26. The molecular formula is C13H17N3O4S. The highest BCUT2D eigenvalue weighted by atomic mass is 32.2. The van der Waals surface area contributed by atoms with E-state index in [-0.39, 0.29) is 12.4 Å². The highest BCUT2D eigenvalue weighted by Crippen LogP contribution is 2.11. The minimum absolute atomic E-state index is 0.00536. The molecule has 0 aliphatic carbocycles. The Balaban J connectivity index is 2.08. The van der Waals surface area contributed by atoms with Gasteiger partial charge in [-0.2, -0.15) is 12.7 Å². The van der Waals surface area contributed by atoms with Crippen LogP contribution in [-0.4, -0.2) is 55.7 Å². The van der Waals surface area contributed by atoms with Crippen LogP contribution in [-0.2, 0) is 14.9 Å². The van der Waals surface area contributed by atoms with Gasteiger partial charge in [0.15, 0.2) is 0 Å². The highest BCUT2D eigenvalue weighted by Gasteiger charge is 2.24. The largest absolute Gasteiger partial charge is 0.395 e. The van der Waals surface area contributed by atoms with Gasteiger partial charge in [-0.3, -0.25) is 4.72 Å². The van der Waals surface area contributed by atoms with Crippen LogP contribution in [0.3, 0.4) is 0 Å². The van der Waals surface area contributed by atoms with Crippen molar-refractivity contribution in [3.63, 3.8) is 0 Å². The lowest BCUT2D eigenvalue weighted by atomic mass is 10.2. The molecule has 1 aliphatic rings. The SMILES string of the molecule is O=S(=O)(Nc1cc(C#CCCO)ccn1)N1CCOCC1. The van der Waals surface area contributed by atoms with E-state index in [1.165, 1.54) is 10.5 Å². The average Bonchev–Trinajstić information content (AvgIpc) is 2.48. The molecule has 0 bridgehead atoms. The lowest BCUT2D eigenvalue weighted by Crippen LogP contribution is -2.43. The van der Waals surface area contributed by atoms with Gasteiger partial charge in [0.2, 0.25) is 0 Å². The number of aliphatic hydroxyl groups excluding tert-OH is 1. The van der Waals surface area contributed by atoms with Crippen LogP contribution in [0.5, 0.6) is 0 Å². The molecule has 0 aromatic carbocycles. The van der Waals surface area contributed by atoms with Crippen molar-refractivity contribution in [1.82, 2.24) is 9.29 Å². The molecule has 0 spiro atoms. The molecule has 1 fully saturated rings. The molecular weight excluding hydrogens is 294 g/mol. The first-order chi connectivity index (χ1) is 10.1. The Morgan fingerprint density at radius 2 is 2.19 bits per heavy atom. The van der Waals surface area contributed by atoms with Crippen LogP contribution in [0.25, 0.3) is 0 Å². The van der Waals surface area contributed by atoms with Crippen LogP contribution in [0.4, 0.5) is 5.82 Å². The summed E-state index contributed by atoms with van der Waals surface area (Å²) in [5.41, 5.74) is 0.637. The van der Waals surface area contributed by atoms with Crippen LogP contribution < -0.4 is 4.72 Å². The Bertz CT molecular complexity index is 630. The number of ether oxygens (including phenoxy) is 1. The summed E-state index contributed by atoms with van der Waals surface area (Å²) in [6, 6.07) is 3.24. The molecule has 2 heterocycles. The molecule has 8 heteroatoms. The molecule has 2 rings (SSSR count). The fraction of sp³-hybridized carbons (Fsp3) is 0.462. The molecule has 0 amide bonds. The van der Waals surface area contributed by atoms with Gasteiger partial charge >= 0.3 is 10.2 Å². The van der Waals surface area contributed by atoms with Gasteiger partial charge in [-0.05, 0) is 12.1 Å². The predicted molar refractivity (Wildman–Crippen MR) is 77.8 cm³/mol. The van der Waals surface area contributed by atoms with Crippen LogP contribution in [0.2, 0.25) is 0 Å². The molecule has 0 saturated carbocycles. The zero-order valence-electron chi connectivity index (χ0n) is 11.4. The van der Waals surface area contributed by atoms with Crippen LogP contribution in [0.15, 0.2) is 18.3 Å². The summed E-state index contributed by atoms with van der Waals surface area (Å²) in [7, 11) is -3.63. The molecule has 1 aromatic rings. The number of hydrogen-bond donors (Lipinski definition) is 2. The third kappa shape index (κ3) is 4.68. The Hall–Kier alpha value is -1.66. The summed E-state index contributed by atoms with van der Waals surface area (Å²) < 4.78 is 33.2. The number of rotatable bonds is 4. The molecule has 0 unspecified atom stereocenters. The average molecular weight is 311 g/mol. The number of anilines is 1. The van der Waals surface area contributed by atoms with Gasteiger partial charge in [-0.15, -0.1) is 0 Å². The number of aliphatic hydroxyl groups is 1. The normalized spacial score (nSPS) is 16.0. The van der Waals surface area contributed by atoms with E-state index in [9.17, 15) is 8.42 Å². The van der Waals surface area contributed by atoms with Gasteiger partial charge in [0.05, 0.1) is 19.8 Å². The van der Waals surface area contributed by atoms with Crippen molar-refractivity contribution in [2.75, 3.05) is 37.6 Å². The van der Waals surface area contributed by atoms with Crippen molar-refractivity contribution in [1.29, 1.82) is 0 Å². The molecule has 0 atom stereocenters. The third-order valence-electron chi connectivity index (χ3n) is 2.77. The number of hydrogen-bond acceptors (Lipinski definition) is 5. The van der Waals surface area contributed by atoms with Crippen LogP contribution in [0.1, 0.15) is 12.0 Å². The third-order valence-corrected chi connectivity index (χ3v) is 4.29. The smallest absolute Gasteiger partial charge is 0.302 e. The second kappa shape index (κ2) is 7.38. The van der Waals surface area contributed by atoms with E-state index in [2.05, 4.69) is 21.5 Å². The van der Waals surface area contributed by atoms with Crippen LogP contribution >= 0.6 is 0 Å². The van der Waals surface area contributed by atoms with Crippen molar-refractivity contribution in [3.05, 3.63) is 23.9 Å². The number of morpholine rings is 1. The maximum atomic E-state index is 12.2. The first-order valence-electron chi connectivity index (χ1n) is 6.53. The minimum Gasteiger partial charge on any atom is -0.395 e. The van der Waals surface area contributed by atoms with E-state index in [0.29, 0.717) is 38.3 Å². The standard InChI is InChI=1S/C13H17N3O4S/c17-8-2-1-3-12-4-5-14-13(11-12)15-21(18,19)16-6-9-20-10-7-16/h4-5,11,17H,2,6-10H2,(H,14,15). The Kier molecular flexibility index (Phi) is 5.52. The Morgan fingerprint density at radius 3 is 2.90 bits per heavy atom. The monoisotopic (exact) mass is 311 g/mol. The summed E-state index contributed by atoms with van der Waals surface area (Å²) >= 11 is 0. The topological polar surface area (TPSA) is 91.8 Å². The van der Waals surface area contributed by atoms with Gasteiger partial charge in [0.25, 0.3) is 0 Å². The molecule has 0 radical (unpaired) electrons. The van der Waals surface area contributed by atoms with Crippen molar-refractivity contribution in [3.8, 4) is 11.8 Å². The zero-order chi connectivity index (χ0) is 15.1. The van der Waals surface area contributed by atoms with Crippen molar-refractivity contribution in [2.24, 2.45) is 0 Å². The van der Waals surface area contributed by atoms with Gasteiger partial charge < -0.3 is 9.84 Å². The van der Waals surface area contributed by atoms with E-state index in [1.807, 2.05) is 0 Å². The molecule has 1 aliphatic heterocycles. The van der Waals surface area contributed by atoms with Crippen molar-refractivity contribution >= 4 is 16.0 Å². The van der Waals surface area contributed by atoms with E-state index >= 15 is 0 Å². The van der Waals surface area contributed by atoms with Crippen LogP contribution in [0, 0.1) is 11.8 Å². The first kappa shape index (κ1) is 15.7. The van der Waals surface area contributed by atoms with Gasteiger partial charge in [-0.25, -0.2) is 4.98 Å². The van der Waals surface area contributed by atoms with Gasteiger partial charge in [0, 0.05) is 31.3 Å². The summed E-state index contributed by atoms with van der Waals surface area (Å²) in [5, 5.41) is 8.67. The quantitative estimate of drug-likeness (QED) is 0.752. The number of nitrogens with zero attached hydrogens (tertiary/aromatic N) is 2. The lowest BCUT2D eigenvalue weighted by molar-refractivity contribution is 0.0733. The highest BCUT2D eigenvalue weighted by molar-refractivity contribution is 7.90. The fourth-order valence-corrected chi connectivity index (χ4v) is 2.90. The minimum atomic E-state index is -3.63. The maximum absolute atomic E-state index is 12.2. The second-order valence-corrected chi connectivity index (χ2v) is 5.99. The van der Waals surface area contributed by atoms with E-state index < -0.39 is 10.2 Å². The van der Waals surface area contributed by atoms with E-state index in [1.54, 1.807) is 12.1 Å². The summed E-state index contributed by atoms with van der Waals surface area (Å²) in [6.45, 7) is 1.42. The molecule has 1 aromatic heterocycles. The second-order valence-electron chi connectivity index (χ2n) is 4.32. The fourth-order valence-electron chi connectivity index (χ4n) is 1.77. The predicted octanol–water partition coefficient (Wildman–Crippen LogP) is -0.196. The van der Waals surface area contributed by atoms with E-state index in [4.69, 9.17) is 9.84 Å². The number of pyridine rings is 1. The van der Waals surface area contributed by atoms with Crippen molar-refractivity contribution < 1.29 is 18.3 Å². The Morgan fingerprint density at radius 1 is 1.43 bits per heavy atom. The molecule has 114 valence electrons. The molecule has 21 heavy (non-hydrogen) atoms. The van der Waals surface area contributed by atoms with Gasteiger partial charge in [0.1, 0.15) is 5.82 Å². The zero-order valence-corrected chi connectivity index (χ0v) is 12.3. The van der Waals surface area contributed by atoms with Crippen molar-refractivity contribution in [2.45, 2.75) is 6.42 Å². The number of nitrogens with one attached hydrogen (secondary N) is 1. The summed E-state index contributed by atoms with van der Waals surface area (Å²) in [6.07, 6.45) is 1.86. The molecule has 1 saturated heterocycles. The number of aromatic nitrogens is 1. The maximum Gasteiger partial charge on any atom is 0.302 e. The summed E-state index contributed by atoms with van der Waals surface area (Å²) in [4.78, 5) is 3.98. The first-order valence-corrected chi connectivity index (χ1v) is 7.97. The van der Waals surface area contributed by atoms with Gasteiger partial charge in [-0.1, -0.05) is 11.8 Å². The Labute approximate surface area is 124 Å².